The Labute approximate surface area is 165 Å². The van der Waals surface area contributed by atoms with E-state index in [1.807, 2.05) is 48.5 Å². The maximum Gasteiger partial charge on any atom is 0.250 e. The molecule has 0 spiro atoms. The van der Waals surface area contributed by atoms with Gasteiger partial charge in [0.05, 0.1) is 22.2 Å². The van der Waals surface area contributed by atoms with Crippen molar-refractivity contribution in [2.45, 2.75) is 6.42 Å². The first-order chi connectivity index (χ1) is 14.1. The number of Topliss-reactive ketones (excluding diaryl/α,β-unsaturated/α-hetero) is 1. The lowest BCUT2D eigenvalue weighted by Crippen LogP contribution is -2.14. The number of fused-ring (bicyclic) bond motifs is 2. The molecule has 0 saturated heterocycles. The van der Waals surface area contributed by atoms with Crippen molar-refractivity contribution in [2.24, 2.45) is 7.05 Å². The number of hydrogen-bond acceptors (Lipinski definition) is 4. The predicted molar refractivity (Wildman–Crippen MR) is 111 cm³/mol. The quantitative estimate of drug-likeness (QED) is 0.466. The van der Waals surface area contributed by atoms with Gasteiger partial charge in [0.1, 0.15) is 0 Å². The fourth-order valence-corrected chi connectivity index (χ4v) is 3.43. The summed E-state index contributed by atoms with van der Waals surface area (Å²) >= 11 is 0. The molecule has 0 aliphatic carbocycles. The van der Waals surface area contributed by atoms with Gasteiger partial charge in [-0.05, 0) is 23.8 Å². The van der Waals surface area contributed by atoms with Crippen LogP contribution in [0.4, 0.5) is 0 Å². The van der Waals surface area contributed by atoms with Crippen LogP contribution in [0.5, 0.6) is 0 Å². The van der Waals surface area contributed by atoms with Crippen LogP contribution in [0.25, 0.3) is 33.2 Å². The van der Waals surface area contributed by atoms with Gasteiger partial charge in [-0.3, -0.25) is 14.7 Å². The first-order valence-electron chi connectivity index (χ1n) is 9.20. The monoisotopic (exact) mass is 383 g/mol. The Kier molecular flexibility index (Phi) is 3.87. The zero-order chi connectivity index (χ0) is 20.0. The second-order valence-electron chi connectivity index (χ2n) is 7.01. The number of nitrogens with zero attached hydrogens (tertiary/aromatic N) is 3. The lowest BCUT2D eigenvalue weighted by molar-refractivity contribution is 0.0984. The largest absolute Gasteiger partial charge is 0.319 e. The number of rotatable bonds is 4. The van der Waals surface area contributed by atoms with Crippen molar-refractivity contribution >= 4 is 27.7 Å². The molecule has 3 aromatic heterocycles. The molecule has 0 amide bonds. The highest BCUT2D eigenvalue weighted by molar-refractivity contribution is 6.03. The minimum Gasteiger partial charge on any atom is -0.319 e. The van der Waals surface area contributed by atoms with Crippen LogP contribution in [0.15, 0.2) is 65.6 Å². The number of carbonyl (C=O) groups excluding carboxylic acids is 1. The van der Waals surface area contributed by atoms with E-state index in [2.05, 4.69) is 20.2 Å². The zero-order valence-electron chi connectivity index (χ0n) is 15.6. The smallest absolute Gasteiger partial charge is 0.250 e. The lowest BCUT2D eigenvalue weighted by atomic mass is 10.1. The van der Waals surface area contributed by atoms with Crippen LogP contribution in [0.1, 0.15) is 16.2 Å². The molecule has 0 bridgehead atoms. The first kappa shape index (κ1) is 17.1. The molecule has 0 saturated carbocycles. The van der Waals surface area contributed by atoms with Gasteiger partial charge in [0.15, 0.2) is 5.82 Å². The summed E-state index contributed by atoms with van der Waals surface area (Å²) in [4.78, 5) is 33.5. The van der Waals surface area contributed by atoms with E-state index in [1.165, 1.54) is 4.57 Å². The SMILES string of the molecule is Cn1ccc(-c2[nH][nH]c3cc4nc(C(=O)Cc5ccccc5)nc4cc23)cc1=O. The van der Waals surface area contributed by atoms with Gasteiger partial charge >= 0.3 is 0 Å². The Bertz CT molecular complexity index is 1430. The standard InChI is InChI=1S/C22H17N5O2/c1-27-8-7-14(10-20(27)29)21-15-11-17-18(12-16(15)25-26-21)24-22(23-17)19(28)9-13-5-3-2-4-6-13/h2-8,10-12,25-26H,9H2,1H3. The molecule has 5 rings (SSSR count). The van der Waals surface area contributed by atoms with E-state index in [-0.39, 0.29) is 23.6 Å². The van der Waals surface area contributed by atoms with Crippen LogP contribution in [-0.4, -0.2) is 30.5 Å². The number of benzene rings is 2. The van der Waals surface area contributed by atoms with Gasteiger partial charge in [0, 0.05) is 36.7 Å². The highest BCUT2D eigenvalue weighted by Crippen LogP contribution is 2.28. The van der Waals surface area contributed by atoms with Crippen molar-refractivity contribution in [1.82, 2.24) is 24.7 Å². The summed E-state index contributed by atoms with van der Waals surface area (Å²) in [5.41, 5.74) is 4.54. The van der Waals surface area contributed by atoms with Gasteiger partial charge in [-0.15, -0.1) is 0 Å². The van der Waals surface area contributed by atoms with Gasteiger partial charge in [-0.25, -0.2) is 9.97 Å². The van der Waals surface area contributed by atoms with Crippen LogP contribution in [0.2, 0.25) is 0 Å². The Morgan fingerprint density at radius 2 is 1.76 bits per heavy atom. The van der Waals surface area contributed by atoms with Crippen molar-refractivity contribution in [1.29, 1.82) is 0 Å². The fourth-order valence-electron chi connectivity index (χ4n) is 3.43. The molecule has 7 nitrogen and oxygen atoms in total. The van der Waals surface area contributed by atoms with Gasteiger partial charge < -0.3 is 9.67 Å². The van der Waals surface area contributed by atoms with E-state index in [0.29, 0.717) is 11.0 Å². The fraction of sp³-hybridized carbons (Fsp3) is 0.0909. The molecule has 3 heterocycles. The van der Waals surface area contributed by atoms with Crippen LogP contribution >= 0.6 is 0 Å². The minimum absolute atomic E-state index is 0.0896. The number of hydrogen-bond donors (Lipinski definition) is 2. The third-order valence-electron chi connectivity index (χ3n) is 5.01. The van der Waals surface area contributed by atoms with Gasteiger partial charge in [0.2, 0.25) is 5.78 Å². The number of nitrogens with one attached hydrogen (secondary N) is 2. The molecule has 142 valence electrons. The molecule has 2 aromatic carbocycles. The molecule has 5 aromatic rings. The van der Waals surface area contributed by atoms with Crippen LogP contribution in [0, 0.1) is 0 Å². The molecule has 7 heteroatoms. The summed E-state index contributed by atoms with van der Waals surface area (Å²) in [5, 5.41) is 7.10. The van der Waals surface area contributed by atoms with Crippen molar-refractivity contribution in [2.75, 3.05) is 0 Å². The second kappa shape index (κ2) is 6.56. The number of pyridine rings is 1. The average Bonchev–Trinajstić information content (AvgIpc) is 3.32. The predicted octanol–water partition coefficient (Wildman–Crippen LogP) is 3.23. The molecule has 29 heavy (non-hydrogen) atoms. The number of H-pyrrole nitrogens is 2. The van der Waals surface area contributed by atoms with E-state index < -0.39 is 0 Å². The van der Waals surface area contributed by atoms with Crippen molar-refractivity contribution < 1.29 is 4.79 Å². The summed E-state index contributed by atoms with van der Waals surface area (Å²) < 4.78 is 1.52. The summed E-state index contributed by atoms with van der Waals surface area (Å²) in [6.45, 7) is 0. The van der Waals surface area contributed by atoms with E-state index >= 15 is 0 Å². The van der Waals surface area contributed by atoms with Crippen LogP contribution in [-0.2, 0) is 13.5 Å². The normalized spacial score (nSPS) is 11.3. The summed E-state index contributed by atoms with van der Waals surface area (Å²) in [5.74, 6) is 0.102. The number of ketones is 1. The van der Waals surface area contributed by atoms with Gasteiger partial charge in [0.25, 0.3) is 5.56 Å². The van der Waals surface area contributed by atoms with Crippen LogP contribution < -0.4 is 5.56 Å². The summed E-state index contributed by atoms with van der Waals surface area (Å²) in [7, 11) is 1.71. The van der Waals surface area contributed by atoms with Crippen molar-refractivity contribution in [3.05, 3.63) is 82.5 Å². The van der Waals surface area contributed by atoms with E-state index in [0.717, 1.165) is 27.7 Å². The molecule has 0 aliphatic rings. The average molecular weight is 383 g/mol. The third-order valence-corrected chi connectivity index (χ3v) is 5.01. The Balaban J connectivity index is 1.55. The molecule has 0 radical (unpaired) electrons. The van der Waals surface area contributed by atoms with Crippen molar-refractivity contribution in [3.63, 3.8) is 0 Å². The second-order valence-corrected chi connectivity index (χ2v) is 7.01. The maximum atomic E-state index is 12.6. The number of carbonyl (C=O) groups is 1. The molecular weight excluding hydrogens is 366 g/mol. The number of aromatic amines is 2. The van der Waals surface area contributed by atoms with Gasteiger partial charge in [-0.2, -0.15) is 0 Å². The van der Waals surface area contributed by atoms with Gasteiger partial charge in [-0.1, -0.05) is 30.3 Å². The van der Waals surface area contributed by atoms with Crippen LogP contribution in [0.3, 0.4) is 0 Å². The number of aryl methyl sites for hydroxylation is 1. The van der Waals surface area contributed by atoms with Crippen molar-refractivity contribution in [3.8, 4) is 11.3 Å². The molecule has 0 aliphatic heterocycles. The topological polar surface area (TPSA) is 96.4 Å². The van der Waals surface area contributed by atoms with E-state index in [9.17, 15) is 9.59 Å². The molecule has 0 atom stereocenters. The highest BCUT2D eigenvalue weighted by Gasteiger charge is 2.16. The lowest BCUT2D eigenvalue weighted by Gasteiger charge is -2.01. The number of aromatic nitrogens is 5. The molecule has 0 unspecified atom stereocenters. The molecule has 0 fully saturated rings. The zero-order valence-corrected chi connectivity index (χ0v) is 15.6. The summed E-state index contributed by atoms with van der Waals surface area (Å²) in [6.07, 6.45) is 1.99. The molecule has 2 N–H and O–H groups in total. The first-order valence-corrected chi connectivity index (χ1v) is 9.20. The van der Waals surface area contributed by atoms with E-state index in [1.54, 1.807) is 19.3 Å². The Hall–Kier alpha value is -4.00. The third kappa shape index (κ3) is 3.02. The highest BCUT2D eigenvalue weighted by atomic mass is 16.1. The Morgan fingerprint density at radius 3 is 2.52 bits per heavy atom. The molecular formula is C22H17N5O2. The van der Waals surface area contributed by atoms with E-state index in [4.69, 9.17) is 0 Å². The Morgan fingerprint density at radius 1 is 1.00 bits per heavy atom. The maximum absolute atomic E-state index is 12.6. The minimum atomic E-state index is -0.116. The number of imidazole rings is 1. The summed E-state index contributed by atoms with van der Waals surface area (Å²) in [6, 6.07) is 16.7.